The molecule has 1 spiro atoms. The van der Waals surface area contributed by atoms with Crippen LogP contribution in [0.4, 0.5) is 5.69 Å². The van der Waals surface area contributed by atoms with Crippen molar-refractivity contribution in [2.75, 3.05) is 19.0 Å². The van der Waals surface area contributed by atoms with E-state index >= 15 is 0 Å². The summed E-state index contributed by atoms with van der Waals surface area (Å²) < 4.78 is 17.9. The standard InChI is InChI=1S/C31H34N4O7/c1-15-12-16-10-11-21-18(13-16)31(17-8-6-7-9-19(17)33-29(31)41-21)24-22(26(38)32-20(14-36)28(39)40-5)34-27(42-24)23(30(2,3)4)35-25(15)37/h6-11,13,15,20,23,29,33,36H,12,14H2,1-5H3,(H,32,38)(H,35,37)/t15?,20?,23?,29-,31?/m1/s1. The zero-order valence-electron chi connectivity index (χ0n) is 24.1. The fourth-order valence-corrected chi connectivity index (χ4v) is 6.16. The Labute approximate surface area is 243 Å². The number of nitrogens with zero attached hydrogens (tertiary/aromatic N) is 1. The van der Waals surface area contributed by atoms with Crippen molar-refractivity contribution < 1.29 is 33.4 Å². The number of aliphatic hydroxyl groups is 1. The van der Waals surface area contributed by atoms with Crippen LogP contribution in [-0.2, 0) is 26.2 Å². The highest BCUT2D eigenvalue weighted by atomic mass is 16.5. The second-order valence-corrected chi connectivity index (χ2v) is 12.2. The molecular weight excluding hydrogens is 540 g/mol. The van der Waals surface area contributed by atoms with Crippen LogP contribution in [0.3, 0.4) is 0 Å². The number of benzene rings is 2. The molecule has 0 radical (unpaired) electrons. The SMILES string of the molecule is COC(=O)C(CO)NC(=O)c1nc2oc1C13c4ccccc4N[C@@H]1Oc1ccc(cc13)CC(C)C(=O)NC2C(C)(C)C. The molecule has 3 aromatic rings. The summed E-state index contributed by atoms with van der Waals surface area (Å²) in [6.45, 7) is 7.04. The van der Waals surface area contributed by atoms with E-state index < -0.39 is 47.6 Å². The van der Waals surface area contributed by atoms with Gasteiger partial charge in [0.05, 0.1) is 13.7 Å². The summed E-state index contributed by atoms with van der Waals surface area (Å²) in [4.78, 5) is 44.4. The van der Waals surface area contributed by atoms with Crippen LogP contribution in [-0.4, -0.2) is 53.9 Å². The summed E-state index contributed by atoms with van der Waals surface area (Å²) in [6.07, 6.45) is -0.187. The summed E-state index contributed by atoms with van der Waals surface area (Å²) in [7, 11) is 1.17. The first-order valence-corrected chi connectivity index (χ1v) is 14.0. The first kappa shape index (κ1) is 27.8. The Bertz CT molecular complexity index is 1590. The lowest BCUT2D eigenvalue weighted by atomic mass is 9.72. The van der Waals surface area contributed by atoms with Gasteiger partial charge < -0.3 is 34.9 Å². The largest absolute Gasteiger partial charge is 0.469 e. The number of amides is 2. The number of oxazole rings is 1. The van der Waals surface area contributed by atoms with Gasteiger partial charge in [0.1, 0.15) is 17.2 Å². The zero-order valence-corrected chi connectivity index (χ0v) is 24.1. The van der Waals surface area contributed by atoms with Gasteiger partial charge in [-0.3, -0.25) is 9.59 Å². The van der Waals surface area contributed by atoms with Crippen LogP contribution in [0.2, 0.25) is 0 Å². The van der Waals surface area contributed by atoms with E-state index in [1.165, 1.54) is 7.11 Å². The summed E-state index contributed by atoms with van der Waals surface area (Å²) >= 11 is 0. The fraction of sp³-hybridized carbons (Fsp3) is 0.419. The first-order valence-electron chi connectivity index (χ1n) is 14.0. The normalized spacial score (nSPS) is 24.5. The van der Waals surface area contributed by atoms with Gasteiger partial charge in [0.15, 0.2) is 23.7 Å². The number of aromatic nitrogens is 1. The molecule has 4 heterocycles. The minimum absolute atomic E-state index is 0.0893. The maximum atomic E-state index is 14.0. The molecule has 6 rings (SSSR count). The molecule has 4 unspecified atom stereocenters. The molecule has 3 aliphatic heterocycles. The number of ether oxygens (including phenoxy) is 2. The molecule has 2 amide bonds. The van der Waals surface area contributed by atoms with Crippen molar-refractivity contribution in [2.24, 2.45) is 11.3 Å². The lowest BCUT2D eigenvalue weighted by Gasteiger charge is -2.31. The Morgan fingerprint density at radius 1 is 1.19 bits per heavy atom. The van der Waals surface area contributed by atoms with Gasteiger partial charge >= 0.3 is 5.97 Å². The Balaban J connectivity index is 1.65. The van der Waals surface area contributed by atoms with E-state index in [1.807, 2.05) is 70.2 Å². The van der Waals surface area contributed by atoms with Crippen LogP contribution < -0.4 is 20.7 Å². The predicted octanol–water partition coefficient (Wildman–Crippen LogP) is 2.81. The van der Waals surface area contributed by atoms with Crippen molar-refractivity contribution in [1.29, 1.82) is 0 Å². The average molecular weight is 575 g/mol. The number of para-hydroxylation sites is 1. The maximum Gasteiger partial charge on any atom is 0.330 e. The van der Waals surface area contributed by atoms with Gasteiger partial charge in [0.2, 0.25) is 11.8 Å². The van der Waals surface area contributed by atoms with E-state index in [4.69, 9.17) is 18.9 Å². The molecule has 0 saturated heterocycles. The third-order valence-corrected chi connectivity index (χ3v) is 8.33. The van der Waals surface area contributed by atoms with Crippen molar-refractivity contribution in [3.05, 3.63) is 76.5 Å². The molecular formula is C31H34N4O7. The summed E-state index contributed by atoms with van der Waals surface area (Å²) in [5.74, 6) is -1.13. The number of hydrogen-bond donors (Lipinski definition) is 4. The highest BCUT2D eigenvalue weighted by molar-refractivity contribution is 5.97. The topological polar surface area (TPSA) is 152 Å². The molecule has 220 valence electrons. The van der Waals surface area contributed by atoms with Crippen LogP contribution in [0, 0.1) is 11.3 Å². The monoisotopic (exact) mass is 574 g/mol. The Kier molecular flexibility index (Phi) is 6.53. The minimum Gasteiger partial charge on any atom is -0.469 e. The van der Waals surface area contributed by atoms with Crippen LogP contribution in [0.5, 0.6) is 5.75 Å². The minimum atomic E-state index is -1.32. The summed E-state index contributed by atoms with van der Waals surface area (Å²) in [5.41, 5.74) is 1.56. The Hall–Kier alpha value is -4.38. The number of aliphatic hydroxyl groups excluding tert-OH is 1. The quantitative estimate of drug-likeness (QED) is 0.345. The van der Waals surface area contributed by atoms with Crippen molar-refractivity contribution in [3.63, 3.8) is 0 Å². The van der Waals surface area contributed by atoms with Gasteiger partial charge in [-0.05, 0) is 35.1 Å². The summed E-state index contributed by atoms with van der Waals surface area (Å²) in [5, 5.41) is 18.9. The fourth-order valence-electron chi connectivity index (χ4n) is 6.16. The molecule has 3 aliphatic rings. The third-order valence-electron chi connectivity index (χ3n) is 8.33. The molecule has 5 atom stereocenters. The molecule has 4 bridgehead atoms. The van der Waals surface area contributed by atoms with Crippen LogP contribution in [0.15, 0.2) is 46.9 Å². The molecule has 4 N–H and O–H groups in total. The van der Waals surface area contributed by atoms with Crippen molar-refractivity contribution in [3.8, 4) is 5.75 Å². The van der Waals surface area contributed by atoms with E-state index in [1.54, 1.807) is 0 Å². The number of methoxy groups -OCH3 is 1. The van der Waals surface area contributed by atoms with E-state index in [2.05, 4.69) is 16.0 Å². The third kappa shape index (κ3) is 4.13. The van der Waals surface area contributed by atoms with Gasteiger partial charge in [0, 0.05) is 17.2 Å². The molecule has 11 heteroatoms. The molecule has 1 aromatic heterocycles. The van der Waals surface area contributed by atoms with Crippen LogP contribution in [0.25, 0.3) is 0 Å². The number of esters is 1. The van der Waals surface area contributed by atoms with E-state index in [0.29, 0.717) is 12.2 Å². The van der Waals surface area contributed by atoms with E-state index in [-0.39, 0.29) is 29.2 Å². The highest BCUT2D eigenvalue weighted by Crippen LogP contribution is 2.58. The van der Waals surface area contributed by atoms with Gasteiger partial charge in [-0.2, -0.15) is 0 Å². The maximum absolute atomic E-state index is 14.0. The van der Waals surface area contributed by atoms with Crippen LogP contribution >= 0.6 is 0 Å². The first-order chi connectivity index (χ1) is 20.0. The molecule has 0 aliphatic carbocycles. The second-order valence-electron chi connectivity index (χ2n) is 12.2. The van der Waals surface area contributed by atoms with Gasteiger partial charge in [-0.1, -0.05) is 58.0 Å². The second kappa shape index (κ2) is 9.87. The lowest BCUT2D eigenvalue weighted by molar-refractivity contribution is -0.143. The number of anilines is 1. The summed E-state index contributed by atoms with van der Waals surface area (Å²) in [6, 6.07) is 11.5. The highest BCUT2D eigenvalue weighted by Gasteiger charge is 2.61. The van der Waals surface area contributed by atoms with E-state index in [9.17, 15) is 19.5 Å². The Morgan fingerprint density at radius 2 is 1.95 bits per heavy atom. The van der Waals surface area contributed by atoms with Gasteiger partial charge in [0.25, 0.3) is 5.91 Å². The number of carbonyl (C=O) groups excluding carboxylic acids is 3. The Morgan fingerprint density at radius 3 is 2.67 bits per heavy atom. The van der Waals surface area contributed by atoms with Crippen molar-refractivity contribution in [2.45, 2.75) is 57.8 Å². The number of hydrogen-bond acceptors (Lipinski definition) is 9. The molecule has 0 fully saturated rings. The van der Waals surface area contributed by atoms with Crippen molar-refractivity contribution in [1.82, 2.24) is 15.6 Å². The predicted molar refractivity (Wildman–Crippen MR) is 151 cm³/mol. The van der Waals surface area contributed by atoms with Crippen LogP contribution in [0.1, 0.15) is 72.6 Å². The van der Waals surface area contributed by atoms with Gasteiger partial charge in [-0.15, -0.1) is 0 Å². The zero-order chi connectivity index (χ0) is 30.0. The average Bonchev–Trinajstić information content (AvgIpc) is 3.62. The van der Waals surface area contributed by atoms with E-state index in [0.717, 1.165) is 22.4 Å². The molecule has 11 nitrogen and oxygen atoms in total. The van der Waals surface area contributed by atoms with Gasteiger partial charge in [-0.25, -0.2) is 9.78 Å². The number of nitrogens with one attached hydrogen (secondary N) is 3. The number of fused-ring (bicyclic) bond motifs is 4. The molecule has 42 heavy (non-hydrogen) atoms. The number of carbonyl (C=O) groups is 3. The van der Waals surface area contributed by atoms with Crippen molar-refractivity contribution >= 4 is 23.5 Å². The smallest absolute Gasteiger partial charge is 0.330 e. The molecule has 0 saturated carbocycles. The molecule has 2 aromatic carbocycles. The number of rotatable bonds is 4. The lowest BCUT2D eigenvalue weighted by Crippen LogP contribution is -2.46.